The molecule has 2 N–H and O–H groups in total. The average Bonchev–Trinajstić information content (AvgIpc) is 2.73. The molecule has 0 heterocycles. The molecule has 162 valence electrons. The van der Waals surface area contributed by atoms with Crippen LogP contribution in [0, 0.1) is 11.8 Å². The Morgan fingerprint density at radius 3 is 2.14 bits per heavy atom. The minimum absolute atomic E-state index is 0.190. The Labute approximate surface area is 175 Å². The summed E-state index contributed by atoms with van der Waals surface area (Å²) in [5.41, 5.74) is 0.684. The Morgan fingerprint density at radius 1 is 0.931 bits per heavy atom. The number of hydrogen-bond donors (Lipinski definition) is 2. The van der Waals surface area contributed by atoms with E-state index in [0.29, 0.717) is 25.1 Å². The predicted octanol–water partition coefficient (Wildman–Crippen LogP) is 6.04. The van der Waals surface area contributed by atoms with Gasteiger partial charge in [-0.05, 0) is 43.5 Å². The Kier molecular flexibility index (Phi) is 10.6. The van der Waals surface area contributed by atoms with Crippen LogP contribution in [-0.2, 0) is 9.59 Å². The maximum atomic E-state index is 12.5. The summed E-state index contributed by atoms with van der Waals surface area (Å²) in [6.45, 7) is 2.95. The molecule has 0 aromatic heterocycles. The van der Waals surface area contributed by atoms with Crippen LogP contribution in [0.1, 0.15) is 84.0 Å². The molecule has 29 heavy (non-hydrogen) atoms. The van der Waals surface area contributed by atoms with E-state index < -0.39 is 17.8 Å². The van der Waals surface area contributed by atoms with E-state index in [9.17, 15) is 14.7 Å². The summed E-state index contributed by atoms with van der Waals surface area (Å²) in [7, 11) is 0. The number of nitrogens with one attached hydrogen (secondary N) is 1. The van der Waals surface area contributed by atoms with Gasteiger partial charge in [-0.3, -0.25) is 9.59 Å². The predicted molar refractivity (Wildman–Crippen MR) is 116 cm³/mol. The van der Waals surface area contributed by atoms with E-state index in [1.807, 2.05) is 24.3 Å². The lowest BCUT2D eigenvalue weighted by atomic mass is 9.78. The third kappa shape index (κ3) is 8.46. The molecular weight excluding hydrogens is 366 g/mol. The van der Waals surface area contributed by atoms with E-state index in [0.717, 1.165) is 25.0 Å². The van der Waals surface area contributed by atoms with Crippen LogP contribution >= 0.6 is 0 Å². The number of benzene rings is 1. The van der Waals surface area contributed by atoms with Gasteiger partial charge in [-0.2, -0.15) is 0 Å². The topological polar surface area (TPSA) is 75.6 Å². The summed E-state index contributed by atoms with van der Waals surface area (Å²) in [5, 5.41) is 12.2. The molecule has 2 unspecified atom stereocenters. The number of unbranched alkanes of at least 4 members (excludes halogenated alkanes) is 7. The zero-order valence-corrected chi connectivity index (χ0v) is 17.8. The molecule has 1 aliphatic carbocycles. The minimum Gasteiger partial charge on any atom is -0.494 e. The molecule has 2 rings (SSSR count). The van der Waals surface area contributed by atoms with Gasteiger partial charge < -0.3 is 15.2 Å². The van der Waals surface area contributed by atoms with E-state index in [-0.39, 0.29) is 5.91 Å². The fourth-order valence-corrected chi connectivity index (χ4v) is 4.04. The van der Waals surface area contributed by atoms with Crippen LogP contribution in [0.2, 0.25) is 0 Å². The normalized spacial score (nSPS) is 18.9. The molecule has 2 atom stereocenters. The number of rotatable bonds is 13. The number of aliphatic carboxylic acids is 1. The zero-order chi connectivity index (χ0) is 20.9. The van der Waals surface area contributed by atoms with Gasteiger partial charge in [-0.15, -0.1) is 0 Å². The molecule has 0 radical (unpaired) electrons. The number of amides is 1. The molecule has 1 aromatic rings. The molecule has 0 bridgehead atoms. The van der Waals surface area contributed by atoms with E-state index in [4.69, 9.17) is 4.74 Å². The van der Waals surface area contributed by atoms with Crippen LogP contribution in [0.25, 0.3) is 0 Å². The van der Waals surface area contributed by atoms with Gasteiger partial charge in [-0.1, -0.05) is 64.7 Å². The number of carboxylic acid groups (broad SMARTS) is 1. The lowest BCUT2D eigenvalue weighted by Crippen LogP contribution is -2.36. The van der Waals surface area contributed by atoms with Gasteiger partial charge in [0.05, 0.1) is 18.4 Å². The molecule has 1 aromatic carbocycles. The Morgan fingerprint density at radius 2 is 1.52 bits per heavy atom. The summed E-state index contributed by atoms with van der Waals surface area (Å²) in [5.74, 6) is -1.27. The van der Waals surface area contributed by atoms with Gasteiger partial charge in [0.15, 0.2) is 0 Å². The maximum Gasteiger partial charge on any atom is 0.307 e. The van der Waals surface area contributed by atoms with Crippen molar-refractivity contribution in [3.05, 3.63) is 24.3 Å². The summed E-state index contributed by atoms with van der Waals surface area (Å²) in [4.78, 5) is 23.9. The van der Waals surface area contributed by atoms with Gasteiger partial charge in [0.1, 0.15) is 5.75 Å². The van der Waals surface area contributed by atoms with E-state index in [1.165, 1.54) is 44.9 Å². The highest BCUT2D eigenvalue weighted by atomic mass is 16.5. The van der Waals surface area contributed by atoms with Crippen molar-refractivity contribution in [2.45, 2.75) is 84.0 Å². The van der Waals surface area contributed by atoms with E-state index >= 15 is 0 Å². The van der Waals surface area contributed by atoms with Crippen molar-refractivity contribution in [3.8, 4) is 5.75 Å². The summed E-state index contributed by atoms with van der Waals surface area (Å²) in [6.07, 6.45) is 13.2. The van der Waals surface area contributed by atoms with Crippen LogP contribution in [-0.4, -0.2) is 23.6 Å². The van der Waals surface area contributed by atoms with Gasteiger partial charge in [0, 0.05) is 5.69 Å². The van der Waals surface area contributed by atoms with Gasteiger partial charge in [0.2, 0.25) is 5.91 Å². The molecule has 5 heteroatoms. The summed E-state index contributed by atoms with van der Waals surface area (Å²) in [6, 6.07) is 7.35. The number of anilines is 1. The third-order valence-electron chi connectivity index (χ3n) is 5.81. The SMILES string of the molecule is CCCCCCCCCCOc1ccc(NC(=O)C2CCCCC2C(=O)O)cc1. The van der Waals surface area contributed by atoms with Crippen molar-refractivity contribution in [2.24, 2.45) is 11.8 Å². The molecule has 1 fully saturated rings. The highest BCUT2D eigenvalue weighted by Gasteiger charge is 2.35. The smallest absolute Gasteiger partial charge is 0.307 e. The first-order chi connectivity index (χ1) is 14.1. The molecule has 0 saturated heterocycles. The fourth-order valence-electron chi connectivity index (χ4n) is 4.04. The fraction of sp³-hybridized carbons (Fsp3) is 0.667. The molecular formula is C24H37NO4. The van der Waals surface area contributed by atoms with Crippen LogP contribution in [0.15, 0.2) is 24.3 Å². The molecule has 1 amide bonds. The number of carbonyl (C=O) groups excluding carboxylic acids is 1. The first-order valence-corrected chi connectivity index (χ1v) is 11.4. The second kappa shape index (κ2) is 13.2. The number of ether oxygens (including phenoxy) is 1. The minimum atomic E-state index is -0.866. The van der Waals surface area contributed by atoms with Crippen molar-refractivity contribution < 1.29 is 19.4 Å². The van der Waals surface area contributed by atoms with Crippen molar-refractivity contribution in [3.63, 3.8) is 0 Å². The largest absolute Gasteiger partial charge is 0.494 e. The van der Waals surface area contributed by atoms with Crippen LogP contribution < -0.4 is 10.1 Å². The van der Waals surface area contributed by atoms with E-state index in [1.54, 1.807) is 0 Å². The summed E-state index contributed by atoms with van der Waals surface area (Å²) < 4.78 is 5.79. The number of hydrogen-bond acceptors (Lipinski definition) is 3. The second-order valence-electron chi connectivity index (χ2n) is 8.17. The van der Waals surface area contributed by atoms with Crippen molar-refractivity contribution >= 4 is 17.6 Å². The Bertz CT molecular complexity index is 614. The molecule has 1 saturated carbocycles. The summed E-state index contributed by atoms with van der Waals surface area (Å²) >= 11 is 0. The highest BCUT2D eigenvalue weighted by Crippen LogP contribution is 2.31. The quantitative estimate of drug-likeness (QED) is 0.394. The average molecular weight is 404 g/mol. The highest BCUT2D eigenvalue weighted by molar-refractivity contribution is 5.95. The Balaban J connectivity index is 1.66. The van der Waals surface area contributed by atoms with Crippen LogP contribution in [0.4, 0.5) is 5.69 Å². The van der Waals surface area contributed by atoms with Crippen LogP contribution in [0.5, 0.6) is 5.75 Å². The van der Waals surface area contributed by atoms with Gasteiger partial charge >= 0.3 is 5.97 Å². The standard InChI is InChI=1S/C24H37NO4/c1-2-3-4-5-6-7-8-11-18-29-20-16-14-19(15-17-20)25-23(26)21-12-9-10-13-22(21)24(27)28/h14-17,21-22H,2-13,18H2,1H3,(H,25,26)(H,27,28). The number of carbonyl (C=O) groups is 2. The lowest BCUT2D eigenvalue weighted by molar-refractivity contribution is -0.147. The number of carboxylic acids is 1. The van der Waals surface area contributed by atoms with Crippen molar-refractivity contribution in [1.82, 2.24) is 0 Å². The van der Waals surface area contributed by atoms with Crippen molar-refractivity contribution in [1.29, 1.82) is 0 Å². The monoisotopic (exact) mass is 403 g/mol. The van der Waals surface area contributed by atoms with Crippen LogP contribution in [0.3, 0.4) is 0 Å². The maximum absolute atomic E-state index is 12.5. The first kappa shape index (κ1) is 23.2. The lowest BCUT2D eigenvalue weighted by Gasteiger charge is -2.27. The van der Waals surface area contributed by atoms with E-state index in [2.05, 4.69) is 12.2 Å². The third-order valence-corrected chi connectivity index (χ3v) is 5.81. The zero-order valence-electron chi connectivity index (χ0n) is 17.8. The molecule has 0 aliphatic heterocycles. The van der Waals surface area contributed by atoms with Crippen molar-refractivity contribution in [2.75, 3.05) is 11.9 Å². The molecule has 0 spiro atoms. The first-order valence-electron chi connectivity index (χ1n) is 11.4. The second-order valence-corrected chi connectivity index (χ2v) is 8.17. The van der Waals surface area contributed by atoms with Gasteiger partial charge in [0.25, 0.3) is 0 Å². The Hall–Kier alpha value is -2.04. The van der Waals surface area contributed by atoms with Gasteiger partial charge in [-0.25, -0.2) is 0 Å². The molecule has 5 nitrogen and oxygen atoms in total. The molecule has 1 aliphatic rings.